The van der Waals surface area contributed by atoms with Crippen molar-refractivity contribution in [2.45, 2.75) is 31.3 Å². The van der Waals surface area contributed by atoms with E-state index in [1.807, 2.05) is 0 Å². The van der Waals surface area contributed by atoms with Crippen LogP contribution in [-0.4, -0.2) is 0 Å². The number of fused-ring (bicyclic) bond motifs is 2. The van der Waals surface area contributed by atoms with E-state index in [0.717, 1.165) is 0 Å². The topological polar surface area (TPSA) is 24.7 Å². The van der Waals surface area contributed by atoms with Crippen LogP contribution < -0.4 is 0 Å². The van der Waals surface area contributed by atoms with Gasteiger partial charge in [0.15, 0.2) is 0 Å². The maximum Gasteiger partial charge on any atom is 0.114 e. The Bertz CT molecular complexity index is 943. The number of allylic oxidation sites excluding steroid dienone is 2. The van der Waals surface area contributed by atoms with Gasteiger partial charge >= 0.3 is 0 Å². The summed E-state index contributed by atoms with van der Waals surface area (Å²) >= 11 is 0. The van der Waals surface area contributed by atoms with Crippen LogP contribution in [0.25, 0.3) is 0 Å². The van der Waals surface area contributed by atoms with E-state index in [1.165, 1.54) is 17.5 Å². The fraction of sp³-hybridized carbons (Fsp3) is 0.462. The minimum absolute atomic E-state index is 0.138. The number of hydrogen-bond donors (Lipinski definition) is 0. The predicted molar refractivity (Wildman–Crippen MR) is 110 cm³/mol. The standard InChI is InChI=1S/C26H26N2/c1-24(2)22-23(24)26(19-11-7-4-8-12-19)21-17-14-13-16(15-17)20(21)25(22,27-28-26)18-9-5-3-6-10-18/h3-14,16-17,20-23H,15H2,1-2H3/t16-,17+,20+,21-,22+,23-,25+,26-. The molecule has 28 heavy (non-hydrogen) atoms. The van der Waals surface area contributed by atoms with Crippen LogP contribution in [0.2, 0.25) is 0 Å². The van der Waals surface area contributed by atoms with E-state index in [2.05, 4.69) is 86.7 Å². The number of hydrogen-bond acceptors (Lipinski definition) is 2. The van der Waals surface area contributed by atoms with Crippen LogP contribution in [0.5, 0.6) is 0 Å². The highest BCUT2D eigenvalue weighted by molar-refractivity contribution is 5.48. The van der Waals surface area contributed by atoms with Crippen LogP contribution in [0.3, 0.4) is 0 Å². The van der Waals surface area contributed by atoms with Crippen LogP contribution in [0.1, 0.15) is 31.4 Å². The third kappa shape index (κ3) is 1.46. The summed E-state index contributed by atoms with van der Waals surface area (Å²) < 4.78 is 0. The van der Waals surface area contributed by atoms with Crippen LogP contribution >= 0.6 is 0 Å². The minimum Gasteiger partial charge on any atom is -0.181 e. The molecular formula is C26H26N2. The molecule has 2 aliphatic heterocycles. The predicted octanol–water partition coefficient (Wildman–Crippen LogP) is 5.97. The first-order chi connectivity index (χ1) is 13.6. The summed E-state index contributed by atoms with van der Waals surface area (Å²) in [6.07, 6.45) is 6.31. The number of nitrogens with zero attached hydrogens (tertiary/aromatic N) is 2. The van der Waals surface area contributed by atoms with Crippen LogP contribution in [0, 0.1) is 40.9 Å². The summed E-state index contributed by atoms with van der Waals surface area (Å²) in [6.45, 7) is 4.95. The zero-order chi connectivity index (χ0) is 18.7. The quantitative estimate of drug-likeness (QED) is 0.585. The second-order valence-corrected chi connectivity index (χ2v) is 10.4. The number of benzene rings is 2. The van der Waals surface area contributed by atoms with E-state index in [0.29, 0.717) is 35.5 Å². The van der Waals surface area contributed by atoms with Crippen LogP contribution in [-0.2, 0) is 11.1 Å². The van der Waals surface area contributed by atoms with Gasteiger partial charge in [-0.1, -0.05) is 86.7 Å². The van der Waals surface area contributed by atoms with E-state index in [9.17, 15) is 0 Å². The van der Waals surface area contributed by atoms with Crippen molar-refractivity contribution < 1.29 is 0 Å². The summed E-state index contributed by atoms with van der Waals surface area (Å²) in [5.74, 6) is 3.60. The first-order valence-corrected chi connectivity index (χ1v) is 10.9. The molecule has 4 bridgehead atoms. The molecule has 2 heterocycles. The molecule has 0 amide bonds. The van der Waals surface area contributed by atoms with Gasteiger partial charge in [0.1, 0.15) is 11.1 Å². The number of rotatable bonds is 2. The molecule has 0 saturated heterocycles. The Morgan fingerprint density at radius 1 is 0.679 bits per heavy atom. The van der Waals surface area contributed by atoms with E-state index in [1.54, 1.807) is 0 Å². The largest absolute Gasteiger partial charge is 0.181 e. The van der Waals surface area contributed by atoms with Crippen LogP contribution in [0.15, 0.2) is 83.0 Å². The van der Waals surface area contributed by atoms with Crippen molar-refractivity contribution in [3.8, 4) is 0 Å². The Labute approximate surface area is 166 Å². The lowest BCUT2D eigenvalue weighted by atomic mass is 9.52. The average Bonchev–Trinajstić information content (AvgIpc) is 3.09. The van der Waals surface area contributed by atoms with Crippen molar-refractivity contribution in [3.05, 3.63) is 83.9 Å². The van der Waals surface area contributed by atoms with Crippen LogP contribution in [0.4, 0.5) is 0 Å². The first kappa shape index (κ1) is 15.7. The molecular weight excluding hydrogens is 340 g/mol. The minimum atomic E-state index is -0.138. The van der Waals surface area contributed by atoms with Gasteiger partial charge in [0, 0.05) is 23.7 Å². The molecule has 0 spiro atoms. The van der Waals surface area contributed by atoms with Gasteiger partial charge in [-0.2, -0.15) is 10.2 Å². The van der Waals surface area contributed by atoms with Gasteiger partial charge in [-0.25, -0.2) is 0 Å². The highest BCUT2D eigenvalue weighted by Crippen LogP contribution is 2.85. The van der Waals surface area contributed by atoms with Crippen molar-refractivity contribution >= 4 is 0 Å². The van der Waals surface area contributed by atoms with E-state index in [-0.39, 0.29) is 16.5 Å². The second kappa shape index (κ2) is 4.67. The molecule has 0 aromatic heterocycles. The summed E-state index contributed by atoms with van der Waals surface area (Å²) in [5, 5.41) is 10.6. The first-order valence-electron chi connectivity index (χ1n) is 10.9. The van der Waals surface area contributed by atoms with Gasteiger partial charge < -0.3 is 0 Å². The molecule has 0 unspecified atom stereocenters. The van der Waals surface area contributed by atoms with Crippen molar-refractivity contribution in [1.82, 2.24) is 0 Å². The third-order valence-corrected chi connectivity index (χ3v) is 9.10. The highest BCUT2D eigenvalue weighted by Gasteiger charge is 2.86. The SMILES string of the molecule is CC1(C)[C@H]2[C@@H]1[C@@]1(c3ccccc3)N=N[C@]2(c2ccccc2)[C@H]2[C@@H]1[C@@H]1C=C[C@H]2C1. The molecule has 3 saturated carbocycles. The van der Waals surface area contributed by atoms with Crippen molar-refractivity contribution in [2.75, 3.05) is 0 Å². The van der Waals surface area contributed by atoms with Gasteiger partial charge in [-0.15, -0.1) is 0 Å². The molecule has 4 aliphatic carbocycles. The Morgan fingerprint density at radius 3 is 1.54 bits per heavy atom. The summed E-state index contributed by atoms with van der Waals surface area (Å²) in [4.78, 5) is 0. The molecule has 3 fully saturated rings. The molecule has 0 N–H and O–H groups in total. The fourth-order valence-corrected chi connectivity index (χ4v) is 8.41. The number of azo groups is 1. The summed E-state index contributed by atoms with van der Waals surface area (Å²) in [5.41, 5.74) is 2.79. The lowest BCUT2D eigenvalue weighted by Crippen LogP contribution is -2.58. The molecule has 140 valence electrons. The van der Waals surface area contributed by atoms with Gasteiger partial charge in [0.25, 0.3) is 0 Å². The molecule has 0 radical (unpaired) electrons. The molecule has 2 aromatic carbocycles. The lowest BCUT2D eigenvalue weighted by Gasteiger charge is -2.57. The Morgan fingerprint density at radius 2 is 1.11 bits per heavy atom. The average molecular weight is 367 g/mol. The molecule has 2 aromatic rings. The Balaban J connectivity index is 1.56. The van der Waals surface area contributed by atoms with Gasteiger partial charge in [-0.3, -0.25) is 0 Å². The zero-order valence-electron chi connectivity index (χ0n) is 16.5. The molecule has 8 rings (SSSR count). The Kier molecular flexibility index (Phi) is 2.61. The molecule has 6 aliphatic rings. The van der Waals surface area contributed by atoms with Gasteiger partial charge in [0.05, 0.1) is 0 Å². The maximum absolute atomic E-state index is 5.32. The van der Waals surface area contributed by atoms with E-state index >= 15 is 0 Å². The third-order valence-electron chi connectivity index (χ3n) is 9.10. The molecule has 8 atom stereocenters. The summed E-state index contributed by atoms with van der Waals surface area (Å²) in [6, 6.07) is 22.3. The maximum atomic E-state index is 5.32. The lowest BCUT2D eigenvalue weighted by molar-refractivity contribution is -0.0223. The van der Waals surface area contributed by atoms with Crippen molar-refractivity contribution in [2.24, 2.45) is 51.2 Å². The van der Waals surface area contributed by atoms with Gasteiger partial charge in [-0.05, 0) is 34.8 Å². The van der Waals surface area contributed by atoms with Crippen molar-refractivity contribution in [3.63, 3.8) is 0 Å². The molecule has 2 heteroatoms. The summed E-state index contributed by atoms with van der Waals surface area (Å²) in [7, 11) is 0. The highest BCUT2D eigenvalue weighted by atomic mass is 15.3. The fourth-order valence-electron chi connectivity index (χ4n) is 8.41. The molecule has 2 nitrogen and oxygen atoms in total. The second-order valence-electron chi connectivity index (χ2n) is 10.4. The van der Waals surface area contributed by atoms with Gasteiger partial charge in [0.2, 0.25) is 0 Å². The van der Waals surface area contributed by atoms with E-state index in [4.69, 9.17) is 10.2 Å². The normalized spacial score (nSPS) is 47.8. The monoisotopic (exact) mass is 366 g/mol. The smallest absolute Gasteiger partial charge is 0.114 e. The van der Waals surface area contributed by atoms with E-state index < -0.39 is 0 Å². The zero-order valence-corrected chi connectivity index (χ0v) is 16.5. The Hall–Kier alpha value is -2.22. The van der Waals surface area contributed by atoms with Crippen molar-refractivity contribution in [1.29, 1.82) is 0 Å².